The molecule has 0 aliphatic carbocycles. The largest absolute Gasteiger partial charge is 0.493 e. The Morgan fingerprint density at radius 3 is 2.48 bits per heavy atom. The molecule has 1 heterocycles. The van der Waals surface area contributed by atoms with E-state index >= 15 is 0 Å². The van der Waals surface area contributed by atoms with E-state index < -0.39 is 0 Å². The lowest BCUT2D eigenvalue weighted by Gasteiger charge is -2.10. The molecule has 0 aliphatic heterocycles. The predicted molar refractivity (Wildman–Crippen MR) is 84.2 cm³/mol. The highest BCUT2D eigenvalue weighted by atomic mass is 35.5. The minimum Gasteiger partial charge on any atom is -0.493 e. The molecule has 0 radical (unpaired) electrons. The van der Waals surface area contributed by atoms with Gasteiger partial charge >= 0.3 is 0 Å². The Bertz CT molecular complexity index is 573. The van der Waals surface area contributed by atoms with Crippen LogP contribution in [0.2, 0.25) is 5.15 Å². The number of aromatic nitrogens is 1. The highest BCUT2D eigenvalue weighted by molar-refractivity contribution is 6.29. The lowest BCUT2D eigenvalue weighted by atomic mass is 10.1. The van der Waals surface area contributed by atoms with Gasteiger partial charge in [0.25, 0.3) is 0 Å². The zero-order chi connectivity index (χ0) is 15.1. The summed E-state index contributed by atoms with van der Waals surface area (Å²) in [6.45, 7) is 1.65. The topological polar surface area (TPSA) is 43.4 Å². The van der Waals surface area contributed by atoms with Gasteiger partial charge < -0.3 is 14.8 Å². The summed E-state index contributed by atoms with van der Waals surface area (Å²) < 4.78 is 10.5. The molecule has 21 heavy (non-hydrogen) atoms. The van der Waals surface area contributed by atoms with Gasteiger partial charge in [-0.05, 0) is 42.3 Å². The standard InChI is InChI=1S/C16H19ClN2O2/c1-20-14-5-3-12(9-15(14)21-2)7-8-18-10-13-4-6-16(17)19-11-13/h3-6,9,11,18H,7-8,10H2,1-2H3. The lowest BCUT2D eigenvalue weighted by Crippen LogP contribution is -2.16. The molecule has 4 nitrogen and oxygen atoms in total. The lowest BCUT2D eigenvalue weighted by molar-refractivity contribution is 0.354. The van der Waals surface area contributed by atoms with Gasteiger partial charge in [0.05, 0.1) is 14.2 Å². The smallest absolute Gasteiger partial charge is 0.160 e. The highest BCUT2D eigenvalue weighted by Gasteiger charge is 2.04. The van der Waals surface area contributed by atoms with E-state index in [-0.39, 0.29) is 0 Å². The van der Waals surface area contributed by atoms with Crippen LogP contribution in [0.3, 0.4) is 0 Å². The summed E-state index contributed by atoms with van der Waals surface area (Å²) in [6, 6.07) is 9.75. The first-order valence-electron chi connectivity index (χ1n) is 6.75. The van der Waals surface area contributed by atoms with E-state index in [0.29, 0.717) is 5.15 Å². The molecule has 0 atom stereocenters. The van der Waals surface area contributed by atoms with Crippen LogP contribution in [0.4, 0.5) is 0 Å². The van der Waals surface area contributed by atoms with Crippen LogP contribution in [0.15, 0.2) is 36.5 Å². The van der Waals surface area contributed by atoms with Crippen molar-refractivity contribution in [1.29, 1.82) is 0 Å². The van der Waals surface area contributed by atoms with E-state index in [2.05, 4.69) is 10.3 Å². The Hall–Kier alpha value is -1.78. The highest BCUT2D eigenvalue weighted by Crippen LogP contribution is 2.27. The van der Waals surface area contributed by atoms with E-state index in [1.54, 1.807) is 26.5 Å². The average Bonchev–Trinajstić information content (AvgIpc) is 2.53. The Kier molecular flexibility index (Phi) is 5.84. The van der Waals surface area contributed by atoms with Crippen LogP contribution in [0.25, 0.3) is 0 Å². The Morgan fingerprint density at radius 2 is 1.81 bits per heavy atom. The van der Waals surface area contributed by atoms with Crippen molar-refractivity contribution in [2.24, 2.45) is 0 Å². The van der Waals surface area contributed by atoms with Gasteiger partial charge in [-0.25, -0.2) is 4.98 Å². The summed E-state index contributed by atoms with van der Waals surface area (Å²) in [5.41, 5.74) is 2.32. The molecule has 1 aromatic carbocycles. The average molecular weight is 307 g/mol. The zero-order valence-corrected chi connectivity index (χ0v) is 13.0. The molecule has 0 amide bonds. The number of halogens is 1. The molecule has 0 spiro atoms. The fourth-order valence-corrected chi connectivity index (χ4v) is 2.12. The third-order valence-electron chi connectivity index (χ3n) is 3.16. The monoisotopic (exact) mass is 306 g/mol. The number of hydrogen-bond acceptors (Lipinski definition) is 4. The van der Waals surface area contributed by atoms with Gasteiger partial charge in [-0.1, -0.05) is 23.7 Å². The second kappa shape index (κ2) is 7.86. The van der Waals surface area contributed by atoms with Gasteiger partial charge in [0.1, 0.15) is 5.15 Å². The quantitative estimate of drug-likeness (QED) is 0.630. The summed E-state index contributed by atoms with van der Waals surface area (Å²) in [7, 11) is 3.28. The SMILES string of the molecule is COc1ccc(CCNCc2ccc(Cl)nc2)cc1OC. The second-order valence-corrected chi connectivity index (χ2v) is 4.99. The summed E-state index contributed by atoms with van der Waals surface area (Å²) in [6.07, 6.45) is 2.70. The first-order valence-corrected chi connectivity index (χ1v) is 7.13. The van der Waals surface area contributed by atoms with Crippen LogP contribution in [0.5, 0.6) is 11.5 Å². The van der Waals surface area contributed by atoms with Gasteiger partial charge in [-0.3, -0.25) is 0 Å². The number of ether oxygens (including phenoxy) is 2. The summed E-state index contributed by atoms with van der Waals surface area (Å²) in [5, 5.41) is 3.90. The molecule has 112 valence electrons. The van der Waals surface area contributed by atoms with Crippen molar-refractivity contribution < 1.29 is 9.47 Å². The first kappa shape index (κ1) is 15.6. The summed E-state index contributed by atoms with van der Waals surface area (Å²) >= 11 is 5.75. The number of pyridine rings is 1. The van der Waals surface area contributed by atoms with Crippen molar-refractivity contribution >= 4 is 11.6 Å². The first-order chi connectivity index (χ1) is 10.2. The second-order valence-electron chi connectivity index (χ2n) is 4.61. The number of nitrogens with zero attached hydrogens (tertiary/aromatic N) is 1. The van der Waals surface area contributed by atoms with Crippen molar-refractivity contribution in [2.75, 3.05) is 20.8 Å². The molecule has 2 rings (SSSR count). The van der Waals surface area contributed by atoms with Gasteiger partial charge in [0, 0.05) is 12.7 Å². The van der Waals surface area contributed by atoms with E-state index in [4.69, 9.17) is 21.1 Å². The molecular formula is C16H19ClN2O2. The Labute approximate surface area is 130 Å². The minimum atomic E-state index is 0.518. The Morgan fingerprint density at radius 1 is 1.05 bits per heavy atom. The molecular weight excluding hydrogens is 288 g/mol. The fourth-order valence-electron chi connectivity index (χ4n) is 2.01. The third-order valence-corrected chi connectivity index (χ3v) is 3.38. The molecule has 5 heteroatoms. The van der Waals surface area contributed by atoms with Crippen LogP contribution >= 0.6 is 11.6 Å². The molecule has 1 N–H and O–H groups in total. The molecule has 2 aromatic rings. The number of nitrogens with one attached hydrogen (secondary N) is 1. The molecule has 0 fully saturated rings. The van der Waals surface area contributed by atoms with E-state index in [1.807, 2.05) is 24.3 Å². The van der Waals surface area contributed by atoms with Crippen molar-refractivity contribution in [1.82, 2.24) is 10.3 Å². The third kappa shape index (κ3) is 4.62. The van der Waals surface area contributed by atoms with Crippen LogP contribution < -0.4 is 14.8 Å². The van der Waals surface area contributed by atoms with Crippen molar-refractivity contribution in [3.63, 3.8) is 0 Å². The fraction of sp³-hybridized carbons (Fsp3) is 0.312. The number of methoxy groups -OCH3 is 2. The normalized spacial score (nSPS) is 10.4. The van der Waals surface area contributed by atoms with Crippen LogP contribution in [-0.2, 0) is 13.0 Å². The maximum Gasteiger partial charge on any atom is 0.160 e. The Balaban J connectivity index is 1.82. The molecule has 0 saturated carbocycles. The molecule has 0 saturated heterocycles. The maximum atomic E-state index is 5.75. The van der Waals surface area contributed by atoms with Gasteiger partial charge in [0.2, 0.25) is 0 Å². The number of hydrogen-bond donors (Lipinski definition) is 1. The van der Waals surface area contributed by atoms with Gasteiger partial charge in [-0.15, -0.1) is 0 Å². The van der Waals surface area contributed by atoms with Crippen LogP contribution in [0.1, 0.15) is 11.1 Å². The van der Waals surface area contributed by atoms with Gasteiger partial charge in [0.15, 0.2) is 11.5 Å². The van der Waals surface area contributed by atoms with E-state index in [9.17, 15) is 0 Å². The molecule has 1 aromatic heterocycles. The van der Waals surface area contributed by atoms with Crippen molar-refractivity contribution in [3.05, 3.63) is 52.8 Å². The van der Waals surface area contributed by atoms with Crippen LogP contribution in [0, 0.1) is 0 Å². The summed E-state index contributed by atoms with van der Waals surface area (Å²) in [4.78, 5) is 4.05. The van der Waals surface area contributed by atoms with Crippen molar-refractivity contribution in [3.8, 4) is 11.5 Å². The number of rotatable bonds is 7. The molecule has 0 unspecified atom stereocenters. The van der Waals surface area contributed by atoms with E-state index in [1.165, 1.54) is 5.56 Å². The van der Waals surface area contributed by atoms with Crippen molar-refractivity contribution in [2.45, 2.75) is 13.0 Å². The van der Waals surface area contributed by atoms with E-state index in [0.717, 1.165) is 36.6 Å². The predicted octanol–water partition coefficient (Wildman–Crippen LogP) is 3.08. The minimum absolute atomic E-state index is 0.518. The zero-order valence-electron chi connectivity index (χ0n) is 12.2. The molecule has 0 bridgehead atoms. The number of benzene rings is 1. The molecule has 0 aliphatic rings. The maximum absolute atomic E-state index is 5.75. The van der Waals surface area contributed by atoms with Crippen LogP contribution in [-0.4, -0.2) is 25.7 Å². The van der Waals surface area contributed by atoms with Gasteiger partial charge in [-0.2, -0.15) is 0 Å². The summed E-state index contributed by atoms with van der Waals surface area (Å²) in [5.74, 6) is 1.51.